The van der Waals surface area contributed by atoms with Gasteiger partial charge in [0.05, 0.1) is 23.4 Å². The largest absolute Gasteiger partial charge is 0.458 e. The molecule has 0 unspecified atom stereocenters. The van der Waals surface area contributed by atoms with Gasteiger partial charge in [0.25, 0.3) is 5.82 Å². The summed E-state index contributed by atoms with van der Waals surface area (Å²) in [5.74, 6) is 1.20. The highest BCUT2D eigenvalue weighted by Gasteiger charge is 2.25. The number of aromatic amines is 1. The minimum Gasteiger partial charge on any atom is -0.458 e. The second kappa shape index (κ2) is 15.0. The zero-order valence-corrected chi connectivity index (χ0v) is 28.2. The summed E-state index contributed by atoms with van der Waals surface area (Å²) in [5.41, 5.74) is 6.81. The summed E-state index contributed by atoms with van der Waals surface area (Å²) in [5, 5.41) is 0. The monoisotopic (exact) mass is 633 g/mol. The van der Waals surface area contributed by atoms with Crippen LogP contribution in [0, 0.1) is 0 Å². The van der Waals surface area contributed by atoms with E-state index in [9.17, 15) is 9.59 Å². The van der Waals surface area contributed by atoms with Crippen LogP contribution in [0.3, 0.4) is 0 Å². The number of aromatic nitrogens is 4. The second-order valence-electron chi connectivity index (χ2n) is 12.0. The number of imidazole rings is 2. The lowest BCUT2D eigenvalue weighted by molar-refractivity contribution is -0.676. The Morgan fingerprint density at radius 3 is 1.96 bits per heavy atom. The van der Waals surface area contributed by atoms with Crippen LogP contribution in [0.25, 0.3) is 22.1 Å². The molecule has 2 aromatic heterocycles. The predicted molar refractivity (Wildman–Crippen MR) is 180 cm³/mol. The lowest BCUT2D eigenvalue weighted by Crippen LogP contribution is -2.45. The average Bonchev–Trinajstić information content (AvgIpc) is 3.61. The van der Waals surface area contributed by atoms with E-state index in [0.29, 0.717) is 0 Å². The Morgan fingerprint density at radius 1 is 0.804 bits per heavy atom. The molecular weight excluding hydrogens is 584 g/mol. The molecule has 2 fully saturated rings. The van der Waals surface area contributed by atoms with E-state index < -0.39 is 0 Å². The Hall–Kier alpha value is -4.16. The number of ether oxygens (including phenoxy) is 2. The number of aryl methyl sites for hydroxylation is 2. The van der Waals surface area contributed by atoms with Crippen LogP contribution in [0.5, 0.6) is 0 Å². The summed E-state index contributed by atoms with van der Waals surface area (Å²) in [6.45, 7) is 17.6. The first-order chi connectivity index (χ1) is 22.2. The summed E-state index contributed by atoms with van der Waals surface area (Å²) in [4.78, 5) is 39.9. The normalized spacial score (nSPS) is 16.0. The lowest BCUT2D eigenvalue weighted by Gasteiger charge is -2.34. The average molecular weight is 634 g/mol. The highest BCUT2D eigenvalue weighted by atomic mass is 16.5. The van der Waals surface area contributed by atoms with Gasteiger partial charge in [-0.2, -0.15) is 0 Å². The van der Waals surface area contributed by atoms with Crippen molar-refractivity contribution in [3.05, 3.63) is 48.0 Å². The maximum Gasteiger partial charge on any atom is 0.303 e. The van der Waals surface area contributed by atoms with Gasteiger partial charge in [-0.3, -0.25) is 9.59 Å². The molecule has 2 aliphatic heterocycles. The Bertz CT molecular complexity index is 1630. The first kappa shape index (κ1) is 33.2. The summed E-state index contributed by atoms with van der Waals surface area (Å²) in [6.07, 6.45) is 0. The van der Waals surface area contributed by atoms with Crippen molar-refractivity contribution in [1.29, 1.82) is 0 Å². The van der Waals surface area contributed by atoms with E-state index in [1.54, 1.807) is 0 Å². The standard InChI is InChI=1S/2C17H24N4O2/c1-4-21-15-7-5-6-14(20-10-8-19(3)9-11-20)17(15)18-16(21)12-23-13(2)22;1-4-21-16(12-23-13(2)22)18-14-6-5-7-15(17(14)21)20-10-8-19(3)9-11-20/h2*5-7H,4,8-12H2,1-3H3/p+1. The Labute approximate surface area is 271 Å². The molecule has 2 aliphatic rings. The van der Waals surface area contributed by atoms with E-state index in [2.05, 4.69) is 98.1 Å². The summed E-state index contributed by atoms with van der Waals surface area (Å²) in [6, 6.07) is 12.7. The first-order valence-corrected chi connectivity index (χ1v) is 16.3. The molecule has 4 aromatic rings. The number of esters is 2. The molecule has 6 rings (SSSR count). The maximum absolute atomic E-state index is 11.1. The number of nitrogens with zero attached hydrogens (tertiary/aromatic N) is 7. The van der Waals surface area contributed by atoms with Crippen molar-refractivity contribution >= 4 is 45.4 Å². The summed E-state index contributed by atoms with van der Waals surface area (Å²) < 4.78 is 14.7. The number of fused-ring (bicyclic) bond motifs is 2. The van der Waals surface area contributed by atoms with Gasteiger partial charge in [-0.05, 0) is 52.2 Å². The van der Waals surface area contributed by atoms with Gasteiger partial charge in [0.2, 0.25) is 0 Å². The number of likely N-dealkylation sites (N-methyl/N-ethyl adjacent to an activating group) is 2. The topological polar surface area (TPSA) is 103 Å². The summed E-state index contributed by atoms with van der Waals surface area (Å²) in [7, 11) is 4.32. The number of carbonyl (C=O) groups excluding carboxylic acids is 2. The number of nitrogens with one attached hydrogen (secondary N) is 1. The van der Waals surface area contributed by atoms with Crippen LogP contribution in [0.2, 0.25) is 0 Å². The molecule has 0 amide bonds. The fourth-order valence-corrected chi connectivity index (χ4v) is 6.32. The SMILES string of the molecule is CC[n+]1c(COC(C)=O)[nH]c2cccc(N3CCN(C)CC3)c21.CCn1c(COC(C)=O)nc2c(N3CCN(C)CC3)cccc21. The number of piperazine rings is 2. The fraction of sp³-hybridized carbons (Fsp3) is 0.529. The van der Waals surface area contributed by atoms with E-state index >= 15 is 0 Å². The van der Waals surface area contributed by atoms with Gasteiger partial charge in [0, 0.05) is 72.8 Å². The van der Waals surface area contributed by atoms with Crippen molar-refractivity contribution in [1.82, 2.24) is 24.3 Å². The van der Waals surface area contributed by atoms with Crippen LogP contribution in [-0.4, -0.2) is 103 Å². The molecular formula is C34H49N8O4+. The number of hydrogen-bond donors (Lipinski definition) is 1. The minimum absolute atomic E-state index is 0.222. The predicted octanol–water partition coefficient (Wildman–Crippen LogP) is 3.16. The van der Waals surface area contributed by atoms with Gasteiger partial charge in [-0.15, -0.1) is 0 Å². The number of anilines is 2. The van der Waals surface area contributed by atoms with E-state index in [1.165, 1.54) is 30.7 Å². The molecule has 0 radical (unpaired) electrons. The van der Waals surface area contributed by atoms with Crippen molar-refractivity contribution in [2.24, 2.45) is 0 Å². The van der Waals surface area contributed by atoms with Crippen LogP contribution in [-0.2, 0) is 45.4 Å². The number of carbonyl (C=O) groups is 2. The van der Waals surface area contributed by atoms with E-state index in [1.807, 2.05) is 0 Å². The second-order valence-corrected chi connectivity index (χ2v) is 12.0. The van der Waals surface area contributed by atoms with Gasteiger partial charge in [-0.25, -0.2) is 14.5 Å². The molecule has 0 saturated carbocycles. The molecule has 46 heavy (non-hydrogen) atoms. The third kappa shape index (κ3) is 7.45. The third-order valence-electron chi connectivity index (χ3n) is 8.86. The molecule has 1 N–H and O–H groups in total. The minimum atomic E-state index is -0.279. The molecule has 248 valence electrons. The molecule has 2 saturated heterocycles. The van der Waals surface area contributed by atoms with Crippen LogP contribution in [0.4, 0.5) is 11.4 Å². The van der Waals surface area contributed by atoms with Crippen LogP contribution in [0.1, 0.15) is 39.3 Å². The van der Waals surface area contributed by atoms with Crippen molar-refractivity contribution in [3.8, 4) is 0 Å². The lowest BCUT2D eigenvalue weighted by atomic mass is 10.2. The third-order valence-corrected chi connectivity index (χ3v) is 8.86. The molecule has 0 atom stereocenters. The van der Waals surface area contributed by atoms with Gasteiger partial charge < -0.3 is 33.6 Å². The molecule has 0 bridgehead atoms. The molecule has 12 heteroatoms. The number of hydrogen-bond acceptors (Lipinski definition) is 9. The van der Waals surface area contributed by atoms with E-state index in [-0.39, 0.29) is 25.2 Å². The molecule has 4 heterocycles. The van der Waals surface area contributed by atoms with Crippen LogP contribution < -0.4 is 14.4 Å². The van der Waals surface area contributed by atoms with Gasteiger partial charge in [0.1, 0.15) is 17.9 Å². The molecule has 12 nitrogen and oxygen atoms in total. The molecule has 2 aromatic carbocycles. The number of para-hydroxylation sites is 2. The highest BCUT2D eigenvalue weighted by Crippen LogP contribution is 2.29. The maximum atomic E-state index is 11.1. The number of benzene rings is 2. The zero-order chi connectivity index (χ0) is 32.8. The van der Waals surface area contributed by atoms with Crippen molar-refractivity contribution in [2.45, 2.75) is 54.0 Å². The Kier molecular flexibility index (Phi) is 10.8. The first-order valence-electron chi connectivity index (χ1n) is 16.3. The van der Waals surface area contributed by atoms with Gasteiger partial charge >= 0.3 is 11.9 Å². The zero-order valence-electron chi connectivity index (χ0n) is 28.2. The van der Waals surface area contributed by atoms with Crippen molar-refractivity contribution < 1.29 is 23.6 Å². The van der Waals surface area contributed by atoms with Crippen molar-refractivity contribution in [3.63, 3.8) is 0 Å². The van der Waals surface area contributed by atoms with Crippen LogP contribution >= 0.6 is 0 Å². The van der Waals surface area contributed by atoms with Crippen molar-refractivity contribution in [2.75, 3.05) is 76.3 Å². The quantitative estimate of drug-likeness (QED) is 0.232. The van der Waals surface area contributed by atoms with Gasteiger partial charge in [-0.1, -0.05) is 12.1 Å². The van der Waals surface area contributed by atoms with E-state index in [4.69, 9.17) is 14.5 Å². The highest BCUT2D eigenvalue weighted by molar-refractivity contribution is 5.90. The fourth-order valence-electron chi connectivity index (χ4n) is 6.32. The molecule has 0 spiro atoms. The Morgan fingerprint density at radius 2 is 1.37 bits per heavy atom. The van der Waals surface area contributed by atoms with Gasteiger partial charge in [0.15, 0.2) is 17.6 Å². The van der Waals surface area contributed by atoms with Crippen LogP contribution in [0.15, 0.2) is 36.4 Å². The molecule has 0 aliphatic carbocycles. The summed E-state index contributed by atoms with van der Waals surface area (Å²) >= 11 is 0. The number of rotatable bonds is 8. The number of H-pyrrole nitrogens is 1. The smallest absolute Gasteiger partial charge is 0.303 e. The van der Waals surface area contributed by atoms with E-state index in [0.717, 1.165) is 93.6 Å². The Balaban J connectivity index is 0.000000181.